The lowest BCUT2D eigenvalue weighted by Crippen LogP contribution is -2.41. The van der Waals surface area contributed by atoms with Crippen molar-refractivity contribution in [3.8, 4) is 0 Å². The normalized spacial score (nSPS) is 23.8. The molecule has 28 heavy (non-hydrogen) atoms. The van der Waals surface area contributed by atoms with Crippen LogP contribution in [0.1, 0.15) is 49.8 Å². The monoisotopic (exact) mass is 383 g/mol. The van der Waals surface area contributed by atoms with E-state index < -0.39 is 0 Å². The predicted molar refractivity (Wildman–Crippen MR) is 108 cm³/mol. The number of primary amides is 1. The number of aromatic nitrogens is 2. The molecule has 0 saturated carbocycles. The van der Waals surface area contributed by atoms with E-state index in [9.17, 15) is 9.59 Å². The number of aromatic amines is 1. The quantitative estimate of drug-likeness (QED) is 0.844. The predicted octanol–water partition coefficient (Wildman–Crippen LogP) is 1.99. The van der Waals surface area contributed by atoms with Gasteiger partial charge in [-0.05, 0) is 49.9 Å². The van der Waals surface area contributed by atoms with E-state index in [4.69, 9.17) is 5.73 Å². The molecular weight excluding hydrogens is 354 g/mol. The number of carbonyl (C=O) groups excluding carboxylic acids is 2. The molecule has 3 N–H and O–H groups in total. The SMILES string of the molecule is CC(=O)N1CCCC(c2[nH]c3ncccc3c2CN2CCCC(C(N)=O)C2)C1. The van der Waals surface area contributed by atoms with Gasteiger partial charge in [-0.2, -0.15) is 0 Å². The van der Waals surface area contributed by atoms with Gasteiger partial charge in [0.2, 0.25) is 11.8 Å². The van der Waals surface area contributed by atoms with E-state index in [-0.39, 0.29) is 17.7 Å². The third kappa shape index (κ3) is 3.76. The fourth-order valence-corrected chi connectivity index (χ4v) is 4.77. The number of fused-ring (bicyclic) bond motifs is 1. The van der Waals surface area contributed by atoms with Crippen LogP contribution in [0.3, 0.4) is 0 Å². The lowest BCUT2D eigenvalue weighted by atomic mass is 9.91. The van der Waals surface area contributed by atoms with Crippen molar-refractivity contribution in [2.45, 2.75) is 45.1 Å². The van der Waals surface area contributed by atoms with E-state index in [2.05, 4.69) is 20.9 Å². The van der Waals surface area contributed by atoms with E-state index in [0.717, 1.165) is 62.9 Å². The Kier molecular flexibility index (Phi) is 5.35. The number of nitrogens with one attached hydrogen (secondary N) is 1. The van der Waals surface area contributed by atoms with Gasteiger partial charge in [-0.3, -0.25) is 14.5 Å². The molecule has 0 aliphatic carbocycles. The largest absolute Gasteiger partial charge is 0.369 e. The topological polar surface area (TPSA) is 95.3 Å². The van der Waals surface area contributed by atoms with Gasteiger partial charge in [-0.1, -0.05) is 0 Å². The van der Waals surface area contributed by atoms with E-state index in [1.807, 2.05) is 11.0 Å². The molecule has 0 radical (unpaired) electrons. The minimum atomic E-state index is -0.199. The van der Waals surface area contributed by atoms with Crippen LogP contribution in [0.5, 0.6) is 0 Å². The average Bonchev–Trinajstić information content (AvgIpc) is 3.07. The molecule has 2 amide bonds. The molecule has 2 aliphatic heterocycles. The van der Waals surface area contributed by atoms with Gasteiger partial charge in [-0.25, -0.2) is 4.98 Å². The Morgan fingerprint density at radius 2 is 2.07 bits per heavy atom. The van der Waals surface area contributed by atoms with Crippen LogP contribution in [0, 0.1) is 5.92 Å². The van der Waals surface area contributed by atoms with Crippen LogP contribution >= 0.6 is 0 Å². The Hall–Kier alpha value is -2.41. The molecule has 0 spiro atoms. The zero-order valence-corrected chi connectivity index (χ0v) is 16.5. The van der Waals surface area contributed by atoms with Crippen LogP contribution in [0.15, 0.2) is 18.3 Å². The second-order valence-electron chi connectivity index (χ2n) is 8.20. The molecule has 4 rings (SSSR count). The maximum atomic E-state index is 11.9. The van der Waals surface area contributed by atoms with E-state index in [0.29, 0.717) is 12.5 Å². The number of carbonyl (C=O) groups is 2. The van der Waals surface area contributed by atoms with Crippen molar-refractivity contribution in [3.63, 3.8) is 0 Å². The second kappa shape index (κ2) is 7.91. The highest BCUT2D eigenvalue weighted by atomic mass is 16.2. The number of nitrogens with zero attached hydrogens (tertiary/aromatic N) is 3. The summed E-state index contributed by atoms with van der Waals surface area (Å²) in [4.78, 5) is 35.9. The van der Waals surface area contributed by atoms with Gasteiger partial charge >= 0.3 is 0 Å². The molecule has 0 bridgehead atoms. The summed E-state index contributed by atoms with van der Waals surface area (Å²) in [5.41, 5.74) is 8.91. The zero-order chi connectivity index (χ0) is 19.7. The number of hydrogen-bond acceptors (Lipinski definition) is 4. The van der Waals surface area contributed by atoms with Crippen molar-refractivity contribution >= 4 is 22.8 Å². The maximum Gasteiger partial charge on any atom is 0.221 e. The Labute approximate surface area is 165 Å². The van der Waals surface area contributed by atoms with Crippen LogP contribution < -0.4 is 5.73 Å². The summed E-state index contributed by atoms with van der Waals surface area (Å²) < 4.78 is 0. The van der Waals surface area contributed by atoms with Crippen LogP contribution in [-0.2, 0) is 16.1 Å². The highest BCUT2D eigenvalue weighted by Crippen LogP contribution is 2.34. The number of nitrogens with two attached hydrogens (primary N) is 1. The van der Waals surface area contributed by atoms with Crippen molar-refractivity contribution in [1.29, 1.82) is 0 Å². The van der Waals surface area contributed by atoms with Crippen molar-refractivity contribution < 1.29 is 9.59 Å². The Balaban J connectivity index is 1.64. The number of hydrogen-bond donors (Lipinski definition) is 2. The molecule has 2 saturated heterocycles. The highest BCUT2D eigenvalue weighted by molar-refractivity contribution is 5.81. The van der Waals surface area contributed by atoms with Gasteiger partial charge < -0.3 is 15.6 Å². The molecule has 2 aromatic heterocycles. The van der Waals surface area contributed by atoms with Crippen LogP contribution in [0.2, 0.25) is 0 Å². The highest BCUT2D eigenvalue weighted by Gasteiger charge is 2.29. The first-order chi connectivity index (χ1) is 13.5. The lowest BCUT2D eigenvalue weighted by Gasteiger charge is -2.34. The Morgan fingerprint density at radius 3 is 2.86 bits per heavy atom. The van der Waals surface area contributed by atoms with E-state index in [1.54, 1.807) is 13.1 Å². The van der Waals surface area contributed by atoms with Crippen LogP contribution in [0.25, 0.3) is 11.0 Å². The van der Waals surface area contributed by atoms with Gasteiger partial charge in [0.25, 0.3) is 0 Å². The summed E-state index contributed by atoms with van der Waals surface area (Å²) >= 11 is 0. The smallest absolute Gasteiger partial charge is 0.221 e. The summed E-state index contributed by atoms with van der Waals surface area (Å²) in [5.74, 6) is 0.165. The van der Waals surface area contributed by atoms with Crippen molar-refractivity contribution in [2.24, 2.45) is 11.7 Å². The fourth-order valence-electron chi connectivity index (χ4n) is 4.77. The molecular formula is C21H29N5O2. The van der Waals surface area contributed by atoms with Gasteiger partial charge in [0.05, 0.1) is 5.92 Å². The first-order valence-electron chi connectivity index (χ1n) is 10.3. The summed E-state index contributed by atoms with van der Waals surface area (Å²) in [6, 6.07) is 4.08. The maximum absolute atomic E-state index is 11.9. The van der Waals surface area contributed by atoms with E-state index >= 15 is 0 Å². The standard InChI is InChI=1S/C21H29N5O2/c1-14(27)26-10-4-5-15(12-26)19-18(17-7-2-8-23-21(17)24-19)13-25-9-3-6-16(11-25)20(22)28/h2,7-8,15-16H,3-6,9-13H2,1H3,(H2,22,28)(H,23,24). The molecule has 2 atom stereocenters. The fraction of sp³-hybridized carbons (Fsp3) is 0.571. The minimum absolute atomic E-state index is 0.0663. The number of likely N-dealkylation sites (tertiary alicyclic amines) is 2. The van der Waals surface area contributed by atoms with Gasteiger partial charge in [0.1, 0.15) is 5.65 Å². The van der Waals surface area contributed by atoms with Crippen molar-refractivity contribution in [2.75, 3.05) is 26.2 Å². The Morgan fingerprint density at radius 1 is 1.25 bits per heavy atom. The summed E-state index contributed by atoms with van der Waals surface area (Å²) in [5, 5.41) is 1.14. The Bertz CT molecular complexity index is 877. The third-order valence-corrected chi connectivity index (χ3v) is 6.28. The van der Waals surface area contributed by atoms with E-state index in [1.165, 1.54) is 11.3 Å². The van der Waals surface area contributed by atoms with Gasteiger partial charge in [-0.15, -0.1) is 0 Å². The summed E-state index contributed by atoms with van der Waals surface area (Å²) in [6.07, 6.45) is 5.75. The number of H-pyrrole nitrogens is 1. The van der Waals surface area contributed by atoms with Gasteiger partial charge in [0.15, 0.2) is 0 Å². The minimum Gasteiger partial charge on any atom is -0.369 e. The molecule has 7 heteroatoms. The first-order valence-corrected chi connectivity index (χ1v) is 10.3. The molecule has 4 heterocycles. The molecule has 150 valence electrons. The number of pyridine rings is 1. The lowest BCUT2D eigenvalue weighted by molar-refractivity contribution is -0.130. The third-order valence-electron chi connectivity index (χ3n) is 6.28. The molecule has 2 unspecified atom stereocenters. The van der Waals surface area contributed by atoms with Gasteiger partial charge in [0, 0.05) is 56.3 Å². The molecule has 2 fully saturated rings. The molecule has 0 aromatic carbocycles. The number of rotatable bonds is 4. The number of amides is 2. The van der Waals surface area contributed by atoms with Crippen molar-refractivity contribution in [3.05, 3.63) is 29.6 Å². The van der Waals surface area contributed by atoms with Crippen LogP contribution in [-0.4, -0.2) is 57.8 Å². The molecule has 2 aliphatic rings. The number of piperidine rings is 2. The summed E-state index contributed by atoms with van der Waals surface area (Å²) in [6.45, 7) is 5.70. The van der Waals surface area contributed by atoms with Crippen molar-refractivity contribution in [1.82, 2.24) is 19.8 Å². The zero-order valence-electron chi connectivity index (χ0n) is 16.5. The molecule has 2 aromatic rings. The molecule has 7 nitrogen and oxygen atoms in total. The first kappa shape index (κ1) is 18.9. The average molecular weight is 383 g/mol. The summed E-state index contributed by atoms with van der Waals surface area (Å²) in [7, 11) is 0. The second-order valence-corrected chi connectivity index (χ2v) is 8.20. The van der Waals surface area contributed by atoms with Crippen LogP contribution in [0.4, 0.5) is 0 Å².